The fourth-order valence-electron chi connectivity index (χ4n) is 5.81. The van der Waals surface area contributed by atoms with E-state index in [1.165, 1.54) is 19.3 Å². The minimum Gasteiger partial charge on any atom is -0.351 e. The Bertz CT molecular complexity index is 390. The molecule has 0 heterocycles. The van der Waals surface area contributed by atoms with Crippen molar-refractivity contribution in [2.45, 2.75) is 65.3 Å². The zero-order valence-electron chi connectivity index (χ0n) is 13.2. The van der Waals surface area contributed by atoms with Gasteiger partial charge in [0.15, 0.2) is 0 Å². The van der Waals surface area contributed by atoms with Crippen molar-refractivity contribution in [3.05, 3.63) is 0 Å². The van der Waals surface area contributed by atoms with Crippen LogP contribution in [0.15, 0.2) is 0 Å². The third-order valence-electron chi connectivity index (χ3n) is 6.21. The van der Waals surface area contributed by atoms with E-state index in [2.05, 4.69) is 26.1 Å². The first-order valence-electron chi connectivity index (χ1n) is 8.37. The average Bonchev–Trinajstić information content (AvgIpc) is 2.31. The predicted molar refractivity (Wildman–Crippen MR) is 81.0 cm³/mol. The lowest BCUT2D eigenvalue weighted by molar-refractivity contribution is -0.156. The van der Waals surface area contributed by atoms with Crippen LogP contribution < -0.4 is 11.1 Å². The molecule has 0 saturated heterocycles. The first kappa shape index (κ1) is 14.4. The molecule has 3 heteroatoms. The molecule has 4 aliphatic carbocycles. The van der Waals surface area contributed by atoms with Crippen molar-refractivity contribution in [1.29, 1.82) is 0 Å². The molecule has 4 saturated carbocycles. The van der Waals surface area contributed by atoms with Crippen LogP contribution in [0.3, 0.4) is 0 Å². The quantitative estimate of drug-likeness (QED) is 0.830. The number of hydrogen-bond donors (Lipinski definition) is 2. The van der Waals surface area contributed by atoms with Crippen LogP contribution in [0.25, 0.3) is 0 Å². The third-order valence-corrected chi connectivity index (χ3v) is 6.21. The molecule has 4 aliphatic rings. The molecule has 0 aliphatic heterocycles. The largest absolute Gasteiger partial charge is 0.351 e. The molecule has 0 spiro atoms. The lowest BCUT2D eigenvalue weighted by atomic mass is 9.44. The molecule has 20 heavy (non-hydrogen) atoms. The minimum absolute atomic E-state index is 0.0683. The van der Waals surface area contributed by atoms with Gasteiger partial charge in [-0.3, -0.25) is 4.79 Å². The van der Waals surface area contributed by atoms with Crippen molar-refractivity contribution < 1.29 is 4.79 Å². The number of hydrogen-bond acceptors (Lipinski definition) is 2. The van der Waals surface area contributed by atoms with Crippen LogP contribution in [0.1, 0.15) is 59.3 Å². The highest BCUT2D eigenvalue weighted by Gasteiger charge is 2.58. The molecule has 3 nitrogen and oxygen atoms in total. The van der Waals surface area contributed by atoms with Gasteiger partial charge in [0, 0.05) is 12.6 Å². The van der Waals surface area contributed by atoms with Crippen molar-refractivity contribution in [3.63, 3.8) is 0 Å². The molecular weight excluding hydrogens is 248 g/mol. The number of rotatable bonds is 4. The van der Waals surface area contributed by atoms with Crippen LogP contribution in [-0.2, 0) is 4.79 Å². The smallest absolute Gasteiger partial charge is 0.226 e. The molecule has 3 N–H and O–H groups in total. The van der Waals surface area contributed by atoms with E-state index in [1.54, 1.807) is 0 Å². The average molecular weight is 278 g/mol. The Morgan fingerprint density at radius 1 is 1.25 bits per heavy atom. The fourth-order valence-corrected chi connectivity index (χ4v) is 5.81. The van der Waals surface area contributed by atoms with Crippen molar-refractivity contribution in [3.8, 4) is 0 Å². The van der Waals surface area contributed by atoms with Gasteiger partial charge in [-0.1, -0.05) is 20.8 Å². The Morgan fingerprint density at radius 3 is 2.30 bits per heavy atom. The number of nitrogens with two attached hydrogens (primary N) is 1. The van der Waals surface area contributed by atoms with E-state index in [-0.39, 0.29) is 11.5 Å². The second-order valence-electron chi connectivity index (χ2n) is 8.61. The zero-order chi connectivity index (χ0) is 14.5. The van der Waals surface area contributed by atoms with Crippen molar-refractivity contribution in [1.82, 2.24) is 5.32 Å². The first-order valence-corrected chi connectivity index (χ1v) is 8.37. The summed E-state index contributed by atoms with van der Waals surface area (Å²) in [4.78, 5) is 12.9. The van der Waals surface area contributed by atoms with Gasteiger partial charge in [0.1, 0.15) is 0 Å². The van der Waals surface area contributed by atoms with Crippen LogP contribution >= 0.6 is 0 Å². The molecule has 0 aromatic heterocycles. The van der Waals surface area contributed by atoms with E-state index in [9.17, 15) is 4.79 Å². The topological polar surface area (TPSA) is 55.1 Å². The van der Waals surface area contributed by atoms with Gasteiger partial charge >= 0.3 is 0 Å². The highest BCUT2D eigenvalue weighted by molar-refractivity contribution is 5.83. The lowest BCUT2D eigenvalue weighted by Gasteiger charge is -2.60. The number of carbonyl (C=O) groups is 1. The normalized spacial score (nSPS) is 43.9. The molecular formula is C17H30N2O. The molecule has 3 unspecified atom stereocenters. The Morgan fingerprint density at radius 2 is 1.85 bits per heavy atom. The molecule has 1 amide bonds. The Labute approximate surface area is 123 Å². The van der Waals surface area contributed by atoms with E-state index >= 15 is 0 Å². The summed E-state index contributed by atoms with van der Waals surface area (Å²) in [6.45, 7) is 7.23. The molecule has 0 aromatic carbocycles. The highest BCUT2D eigenvalue weighted by atomic mass is 16.2. The van der Waals surface area contributed by atoms with Gasteiger partial charge in [0.2, 0.25) is 5.91 Å². The molecule has 0 radical (unpaired) electrons. The van der Waals surface area contributed by atoms with E-state index in [1.807, 2.05) is 0 Å². The molecule has 3 atom stereocenters. The van der Waals surface area contributed by atoms with Gasteiger partial charge in [-0.15, -0.1) is 0 Å². The maximum Gasteiger partial charge on any atom is 0.226 e. The van der Waals surface area contributed by atoms with Crippen molar-refractivity contribution in [2.24, 2.45) is 34.3 Å². The fraction of sp³-hybridized carbons (Fsp3) is 0.941. The molecule has 4 rings (SSSR count). The van der Waals surface area contributed by atoms with Crippen molar-refractivity contribution in [2.75, 3.05) is 6.54 Å². The zero-order valence-corrected chi connectivity index (χ0v) is 13.2. The number of nitrogens with one attached hydrogen (secondary N) is 1. The number of carbonyl (C=O) groups excluding carboxylic acids is 1. The Kier molecular flexibility index (Phi) is 3.39. The van der Waals surface area contributed by atoms with Gasteiger partial charge in [-0.2, -0.15) is 0 Å². The highest BCUT2D eigenvalue weighted by Crippen LogP contribution is 2.65. The monoisotopic (exact) mass is 278 g/mol. The molecule has 114 valence electrons. The Hall–Kier alpha value is -0.570. The Balaban J connectivity index is 1.77. The first-order chi connectivity index (χ1) is 9.36. The number of amides is 1. The molecule has 4 bridgehead atoms. The summed E-state index contributed by atoms with van der Waals surface area (Å²) in [5.74, 6) is 2.31. The summed E-state index contributed by atoms with van der Waals surface area (Å²) in [5.41, 5.74) is 6.18. The standard InChI is InChI=1S/C17H30N2O/c1-11(2)14(9-18)19-15(20)17-7-12-4-13(8-17)6-16(3,5-12)10-17/h11-14H,4-10,18H2,1-3H3,(H,19,20). The summed E-state index contributed by atoms with van der Waals surface area (Å²) >= 11 is 0. The van der Waals surface area contributed by atoms with Gasteiger partial charge < -0.3 is 11.1 Å². The van der Waals surface area contributed by atoms with E-state index in [0.717, 1.165) is 31.1 Å². The van der Waals surface area contributed by atoms with Gasteiger partial charge in [-0.25, -0.2) is 0 Å². The maximum absolute atomic E-state index is 12.9. The summed E-state index contributed by atoms with van der Waals surface area (Å²) in [6, 6.07) is 0.128. The third kappa shape index (κ3) is 2.28. The van der Waals surface area contributed by atoms with Crippen LogP contribution in [0.2, 0.25) is 0 Å². The maximum atomic E-state index is 12.9. The van der Waals surface area contributed by atoms with Gasteiger partial charge in [0.25, 0.3) is 0 Å². The van der Waals surface area contributed by atoms with Gasteiger partial charge in [0.05, 0.1) is 5.41 Å². The summed E-state index contributed by atoms with van der Waals surface area (Å²) in [7, 11) is 0. The van der Waals surface area contributed by atoms with Crippen LogP contribution in [0.4, 0.5) is 0 Å². The summed E-state index contributed by atoms with van der Waals surface area (Å²) in [5, 5.41) is 3.28. The van der Waals surface area contributed by atoms with Crippen LogP contribution in [0.5, 0.6) is 0 Å². The molecule has 0 aromatic rings. The summed E-state index contributed by atoms with van der Waals surface area (Å²) < 4.78 is 0. The minimum atomic E-state index is -0.0683. The van der Waals surface area contributed by atoms with E-state index in [4.69, 9.17) is 5.73 Å². The van der Waals surface area contributed by atoms with Crippen molar-refractivity contribution >= 4 is 5.91 Å². The lowest BCUT2D eigenvalue weighted by Crippen LogP contribution is -2.59. The molecule has 4 fully saturated rings. The second kappa shape index (κ2) is 4.72. The summed E-state index contributed by atoms with van der Waals surface area (Å²) in [6.07, 6.45) is 7.43. The van der Waals surface area contributed by atoms with E-state index < -0.39 is 0 Å². The predicted octanol–water partition coefficient (Wildman–Crippen LogP) is 2.69. The second-order valence-corrected chi connectivity index (χ2v) is 8.61. The van der Waals surface area contributed by atoms with Gasteiger partial charge in [-0.05, 0) is 61.7 Å². The SMILES string of the molecule is CC(C)C(CN)NC(=O)C12CC3CC(CC(C)(C3)C1)C2. The van der Waals surface area contributed by atoms with Crippen LogP contribution in [-0.4, -0.2) is 18.5 Å². The van der Waals surface area contributed by atoms with E-state index in [0.29, 0.717) is 23.8 Å². The van der Waals surface area contributed by atoms with Crippen LogP contribution in [0, 0.1) is 28.6 Å².